The summed E-state index contributed by atoms with van der Waals surface area (Å²) < 4.78 is 0.477. The summed E-state index contributed by atoms with van der Waals surface area (Å²) in [4.78, 5) is 0. The minimum Gasteiger partial charge on any atom is -1.00 e. The number of hydrogen-bond donors (Lipinski definition) is 2. The summed E-state index contributed by atoms with van der Waals surface area (Å²) in [5, 5.41) is 18.3. The molecule has 70 valence electrons. The van der Waals surface area contributed by atoms with E-state index in [0.717, 1.165) is 0 Å². The first-order valence-corrected chi connectivity index (χ1v) is 3.51. The second kappa shape index (κ2) is 4.93. The van der Waals surface area contributed by atoms with Crippen LogP contribution in [0, 0.1) is 0 Å². The average molecular weight is 184 g/mol. The molecule has 0 spiro atoms. The van der Waals surface area contributed by atoms with Gasteiger partial charge in [-0.05, 0) is 6.92 Å². The first-order chi connectivity index (χ1) is 4.34. The molecule has 0 bridgehead atoms. The molecule has 0 aromatic heterocycles. The standard InChI is InChI=1S/C7H18NO2.ClH/c1-6(9)5-7(10)8(2,3)4;/h6-7,9-10H,5H2,1-4H3;1H/q+1;/p-1. The number of rotatable bonds is 3. The summed E-state index contributed by atoms with van der Waals surface area (Å²) in [5.41, 5.74) is 0. The second-order valence-electron chi connectivity index (χ2n) is 3.68. The minimum absolute atomic E-state index is 0. The Morgan fingerprint density at radius 3 is 1.64 bits per heavy atom. The molecule has 0 aliphatic carbocycles. The maximum Gasteiger partial charge on any atom is 0.192 e. The molecule has 0 rings (SSSR count). The van der Waals surface area contributed by atoms with Gasteiger partial charge in [-0.1, -0.05) is 0 Å². The Kier molecular flexibility index (Phi) is 6.16. The summed E-state index contributed by atoms with van der Waals surface area (Å²) >= 11 is 0. The number of aliphatic hydroxyl groups excluding tert-OH is 2. The van der Waals surface area contributed by atoms with Gasteiger partial charge in [-0.15, -0.1) is 0 Å². The third-order valence-corrected chi connectivity index (χ3v) is 1.45. The van der Waals surface area contributed by atoms with Crippen LogP contribution in [0.2, 0.25) is 0 Å². The molecular formula is C7H18ClNO2. The number of quaternary nitrogens is 1. The number of hydrogen-bond acceptors (Lipinski definition) is 2. The Hall–Kier alpha value is 0.170. The molecular weight excluding hydrogens is 166 g/mol. The molecule has 0 fully saturated rings. The SMILES string of the molecule is CC(O)CC(O)[N+](C)(C)C.[Cl-]. The van der Waals surface area contributed by atoms with Crippen molar-refractivity contribution in [1.29, 1.82) is 0 Å². The third kappa shape index (κ3) is 6.56. The monoisotopic (exact) mass is 183 g/mol. The quantitative estimate of drug-likeness (QED) is 0.357. The first-order valence-electron chi connectivity index (χ1n) is 3.51. The molecule has 0 saturated heterocycles. The van der Waals surface area contributed by atoms with Crippen molar-refractivity contribution < 1.29 is 27.1 Å². The van der Waals surface area contributed by atoms with Crippen LogP contribution < -0.4 is 12.4 Å². The summed E-state index contributed by atoms with van der Waals surface area (Å²) in [6.07, 6.45) is -0.462. The zero-order chi connectivity index (χ0) is 8.36. The number of nitrogens with zero attached hydrogens (tertiary/aromatic N) is 1. The van der Waals surface area contributed by atoms with Gasteiger partial charge in [-0.25, -0.2) is 0 Å². The van der Waals surface area contributed by atoms with Crippen LogP contribution in [0.1, 0.15) is 13.3 Å². The second-order valence-corrected chi connectivity index (χ2v) is 3.68. The Balaban J connectivity index is 0. The lowest BCUT2D eigenvalue weighted by molar-refractivity contribution is -0.919. The van der Waals surface area contributed by atoms with E-state index in [-0.39, 0.29) is 12.4 Å². The molecule has 2 atom stereocenters. The number of halogens is 1. The van der Waals surface area contributed by atoms with Crippen molar-refractivity contribution in [1.82, 2.24) is 0 Å². The smallest absolute Gasteiger partial charge is 0.192 e. The zero-order valence-electron chi connectivity index (χ0n) is 7.58. The van der Waals surface area contributed by atoms with Crippen LogP contribution in [0.4, 0.5) is 0 Å². The van der Waals surface area contributed by atoms with Crippen LogP contribution in [-0.2, 0) is 0 Å². The van der Waals surface area contributed by atoms with Gasteiger partial charge in [0.05, 0.1) is 33.7 Å². The molecule has 3 nitrogen and oxygen atoms in total. The van der Waals surface area contributed by atoms with E-state index in [1.165, 1.54) is 0 Å². The van der Waals surface area contributed by atoms with E-state index in [2.05, 4.69) is 0 Å². The van der Waals surface area contributed by atoms with Crippen LogP contribution in [0.25, 0.3) is 0 Å². The van der Waals surface area contributed by atoms with E-state index in [9.17, 15) is 5.11 Å². The molecule has 0 radical (unpaired) electrons. The van der Waals surface area contributed by atoms with Crippen LogP contribution in [0.3, 0.4) is 0 Å². The van der Waals surface area contributed by atoms with Crippen LogP contribution in [0.15, 0.2) is 0 Å². The largest absolute Gasteiger partial charge is 1.00 e. The number of aliphatic hydroxyl groups is 2. The lowest BCUT2D eigenvalue weighted by Gasteiger charge is -2.30. The van der Waals surface area contributed by atoms with Crippen molar-refractivity contribution in [3.8, 4) is 0 Å². The maximum atomic E-state index is 9.37. The summed E-state index contributed by atoms with van der Waals surface area (Å²) in [5.74, 6) is 0. The van der Waals surface area contributed by atoms with Crippen LogP contribution >= 0.6 is 0 Å². The molecule has 0 aliphatic heterocycles. The highest BCUT2D eigenvalue weighted by Gasteiger charge is 2.21. The highest BCUT2D eigenvalue weighted by Crippen LogP contribution is 2.05. The van der Waals surface area contributed by atoms with E-state index in [1.807, 2.05) is 21.1 Å². The van der Waals surface area contributed by atoms with Gasteiger partial charge >= 0.3 is 0 Å². The predicted molar refractivity (Wildman–Crippen MR) is 40.3 cm³/mol. The van der Waals surface area contributed by atoms with Crippen LogP contribution in [-0.4, -0.2) is 48.2 Å². The maximum absolute atomic E-state index is 9.37. The Labute approximate surface area is 74.6 Å². The Bertz CT molecular complexity index is 101. The van der Waals surface area contributed by atoms with E-state index in [1.54, 1.807) is 6.92 Å². The Morgan fingerprint density at radius 2 is 1.55 bits per heavy atom. The molecule has 2 unspecified atom stereocenters. The van der Waals surface area contributed by atoms with Crippen molar-refractivity contribution in [2.24, 2.45) is 0 Å². The van der Waals surface area contributed by atoms with Gasteiger partial charge in [0.2, 0.25) is 0 Å². The van der Waals surface area contributed by atoms with E-state index in [4.69, 9.17) is 5.11 Å². The fourth-order valence-corrected chi connectivity index (χ4v) is 0.621. The highest BCUT2D eigenvalue weighted by atomic mass is 35.5. The topological polar surface area (TPSA) is 40.5 Å². The van der Waals surface area contributed by atoms with Gasteiger partial charge in [-0.3, -0.25) is 0 Å². The predicted octanol–water partition coefficient (Wildman–Crippen LogP) is -3.21. The van der Waals surface area contributed by atoms with Gasteiger partial charge in [0, 0.05) is 0 Å². The fourth-order valence-electron chi connectivity index (χ4n) is 0.621. The van der Waals surface area contributed by atoms with Crippen molar-refractivity contribution in [3.05, 3.63) is 0 Å². The van der Waals surface area contributed by atoms with Gasteiger partial charge in [0.1, 0.15) is 0 Å². The van der Waals surface area contributed by atoms with Crippen molar-refractivity contribution in [2.75, 3.05) is 21.1 Å². The summed E-state index contributed by atoms with van der Waals surface area (Å²) in [6, 6.07) is 0. The average Bonchev–Trinajstić information content (AvgIpc) is 1.60. The van der Waals surface area contributed by atoms with Gasteiger partial charge in [0.15, 0.2) is 6.23 Å². The fraction of sp³-hybridized carbons (Fsp3) is 1.00. The normalized spacial score (nSPS) is 16.9. The Morgan fingerprint density at radius 1 is 1.18 bits per heavy atom. The van der Waals surface area contributed by atoms with Crippen molar-refractivity contribution in [2.45, 2.75) is 25.7 Å². The molecule has 0 aromatic rings. The van der Waals surface area contributed by atoms with Gasteiger partial charge in [0.25, 0.3) is 0 Å². The minimum atomic E-state index is -0.472. The molecule has 2 N–H and O–H groups in total. The molecule has 4 heteroatoms. The van der Waals surface area contributed by atoms with E-state index in [0.29, 0.717) is 10.9 Å². The highest BCUT2D eigenvalue weighted by molar-refractivity contribution is 4.48. The molecule has 0 saturated carbocycles. The van der Waals surface area contributed by atoms with Crippen molar-refractivity contribution in [3.63, 3.8) is 0 Å². The molecule has 0 aromatic carbocycles. The van der Waals surface area contributed by atoms with E-state index < -0.39 is 12.3 Å². The van der Waals surface area contributed by atoms with Crippen LogP contribution in [0.5, 0.6) is 0 Å². The third-order valence-electron chi connectivity index (χ3n) is 1.45. The molecule has 0 heterocycles. The van der Waals surface area contributed by atoms with Crippen molar-refractivity contribution >= 4 is 0 Å². The zero-order valence-corrected chi connectivity index (χ0v) is 8.34. The van der Waals surface area contributed by atoms with E-state index >= 15 is 0 Å². The first kappa shape index (κ1) is 13.7. The summed E-state index contributed by atoms with van der Waals surface area (Å²) in [7, 11) is 5.69. The van der Waals surface area contributed by atoms with Gasteiger partial charge in [-0.2, -0.15) is 0 Å². The van der Waals surface area contributed by atoms with Gasteiger partial charge < -0.3 is 27.1 Å². The lowest BCUT2D eigenvalue weighted by Crippen LogP contribution is -3.00. The molecule has 11 heavy (non-hydrogen) atoms. The molecule has 0 amide bonds. The lowest BCUT2D eigenvalue weighted by atomic mass is 10.2. The molecule has 0 aliphatic rings. The summed E-state index contributed by atoms with van der Waals surface area (Å²) in [6.45, 7) is 1.68.